The predicted molar refractivity (Wildman–Crippen MR) is 121 cm³/mol. The normalized spacial score (nSPS) is 12.8. The van der Waals surface area contributed by atoms with Gasteiger partial charge in [-0.25, -0.2) is 4.98 Å². The molecule has 1 atom stereocenters. The third-order valence-electron chi connectivity index (χ3n) is 5.45. The molecule has 0 bridgehead atoms. The Labute approximate surface area is 179 Å². The van der Waals surface area contributed by atoms with Gasteiger partial charge in [0.05, 0.1) is 22.8 Å². The lowest BCUT2D eigenvalue weighted by molar-refractivity contribution is -0.122. The molecule has 1 amide bonds. The fourth-order valence-corrected chi connectivity index (χ4v) is 3.97. The number of hydrogen-bond donors (Lipinski definition) is 2. The monoisotopic (exact) mass is 409 g/mol. The Kier molecular flexibility index (Phi) is 6.95. The summed E-state index contributed by atoms with van der Waals surface area (Å²) in [6, 6.07) is 7.86. The van der Waals surface area contributed by atoms with Crippen LogP contribution < -0.4 is 5.32 Å². The van der Waals surface area contributed by atoms with Crippen molar-refractivity contribution in [2.24, 2.45) is 11.8 Å². The van der Waals surface area contributed by atoms with Gasteiger partial charge in [-0.2, -0.15) is 5.10 Å². The van der Waals surface area contributed by atoms with Crippen LogP contribution >= 0.6 is 0 Å². The van der Waals surface area contributed by atoms with Crippen LogP contribution in [0.1, 0.15) is 69.4 Å². The molecule has 0 fully saturated rings. The summed E-state index contributed by atoms with van der Waals surface area (Å²) in [6.07, 6.45) is 2.00. The van der Waals surface area contributed by atoms with E-state index in [1.54, 1.807) is 0 Å². The fourth-order valence-electron chi connectivity index (χ4n) is 3.97. The number of H-pyrrole nitrogens is 1. The Morgan fingerprint density at radius 2 is 1.87 bits per heavy atom. The third-order valence-corrected chi connectivity index (χ3v) is 5.45. The van der Waals surface area contributed by atoms with Crippen LogP contribution in [0.3, 0.4) is 0 Å². The second-order valence-electron chi connectivity index (χ2n) is 9.11. The van der Waals surface area contributed by atoms with Gasteiger partial charge in [0, 0.05) is 18.7 Å². The van der Waals surface area contributed by atoms with E-state index in [4.69, 9.17) is 4.98 Å². The van der Waals surface area contributed by atoms with E-state index in [9.17, 15) is 4.79 Å². The Hall–Kier alpha value is -2.63. The van der Waals surface area contributed by atoms with Crippen molar-refractivity contribution in [3.05, 3.63) is 47.0 Å². The van der Waals surface area contributed by atoms with Crippen LogP contribution in [-0.4, -0.2) is 25.7 Å². The van der Waals surface area contributed by atoms with Crippen LogP contribution in [0.2, 0.25) is 0 Å². The first-order valence-corrected chi connectivity index (χ1v) is 11.0. The molecule has 0 saturated heterocycles. The maximum absolute atomic E-state index is 12.8. The van der Waals surface area contributed by atoms with E-state index >= 15 is 0 Å². The summed E-state index contributed by atoms with van der Waals surface area (Å²) in [6.45, 7) is 13.8. The van der Waals surface area contributed by atoms with Crippen LogP contribution in [0, 0.1) is 25.7 Å². The lowest BCUT2D eigenvalue weighted by atomic mass is 10.0. The van der Waals surface area contributed by atoms with Gasteiger partial charge in [0.25, 0.3) is 0 Å². The summed E-state index contributed by atoms with van der Waals surface area (Å²) < 4.78 is 2.07. The van der Waals surface area contributed by atoms with Crippen LogP contribution in [-0.2, 0) is 17.8 Å². The standard InChI is InChI=1S/C24H35N5O/c1-15(2)13-22(24-26-20-9-7-8-10-21(20)27-24)25-23(30)12-11-19-17(5)28-29(18(19)6)14-16(3)4/h7-10,15-16,22H,11-14H2,1-6H3,(H,25,30)(H,26,27). The molecule has 0 aliphatic rings. The van der Waals surface area contributed by atoms with Crippen molar-refractivity contribution in [3.8, 4) is 0 Å². The van der Waals surface area contributed by atoms with Crippen molar-refractivity contribution in [1.82, 2.24) is 25.1 Å². The van der Waals surface area contributed by atoms with E-state index in [0.29, 0.717) is 24.7 Å². The molecule has 30 heavy (non-hydrogen) atoms. The van der Waals surface area contributed by atoms with Gasteiger partial charge in [-0.1, -0.05) is 39.8 Å². The topological polar surface area (TPSA) is 75.6 Å². The SMILES string of the molecule is Cc1nn(CC(C)C)c(C)c1CCC(=O)NC(CC(C)C)c1nc2ccccc2[nH]1. The second kappa shape index (κ2) is 9.45. The van der Waals surface area contributed by atoms with Gasteiger partial charge in [0.15, 0.2) is 0 Å². The molecule has 2 N–H and O–H groups in total. The highest BCUT2D eigenvalue weighted by molar-refractivity contribution is 5.77. The van der Waals surface area contributed by atoms with Crippen LogP contribution in [0.25, 0.3) is 11.0 Å². The van der Waals surface area contributed by atoms with Gasteiger partial charge >= 0.3 is 0 Å². The molecule has 6 heteroatoms. The highest BCUT2D eigenvalue weighted by Crippen LogP contribution is 2.23. The van der Waals surface area contributed by atoms with Gasteiger partial charge in [-0.15, -0.1) is 0 Å². The smallest absolute Gasteiger partial charge is 0.220 e. The van der Waals surface area contributed by atoms with Crippen molar-refractivity contribution in [2.75, 3.05) is 0 Å². The number of fused-ring (bicyclic) bond motifs is 1. The van der Waals surface area contributed by atoms with Gasteiger partial charge < -0.3 is 10.3 Å². The Morgan fingerprint density at radius 1 is 1.13 bits per heavy atom. The maximum Gasteiger partial charge on any atom is 0.220 e. The lowest BCUT2D eigenvalue weighted by Gasteiger charge is -2.19. The van der Waals surface area contributed by atoms with Gasteiger partial charge in [0.2, 0.25) is 5.91 Å². The maximum atomic E-state index is 12.8. The molecule has 0 saturated carbocycles. The molecule has 0 radical (unpaired) electrons. The number of amides is 1. The zero-order valence-electron chi connectivity index (χ0n) is 19.1. The predicted octanol–water partition coefficient (Wildman–Crippen LogP) is 4.87. The number of hydrogen-bond acceptors (Lipinski definition) is 3. The highest BCUT2D eigenvalue weighted by Gasteiger charge is 2.20. The Bertz CT molecular complexity index is 965. The molecule has 0 aliphatic carbocycles. The number of nitrogens with one attached hydrogen (secondary N) is 2. The van der Waals surface area contributed by atoms with Crippen LogP contribution in [0.5, 0.6) is 0 Å². The van der Waals surface area contributed by atoms with Gasteiger partial charge in [-0.05, 0) is 56.2 Å². The molecule has 6 nitrogen and oxygen atoms in total. The molecular formula is C24H35N5O. The first-order chi connectivity index (χ1) is 14.2. The largest absolute Gasteiger partial charge is 0.346 e. The molecule has 2 aromatic heterocycles. The highest BCUT2D eigenvalue weighted by atomic mass is 16.1. The lowest BCUT2D eigenvalue weighted by Crippen LogP contribution is -2.30. The zero-order chi connectivity index (χ0) is 21.8. The van der Waals surface area contributed by atoms with Crippen molar-refractivity contribution in [3.63, 3.8) is 0 Å². The fraction of sp³-hybridized carbons (Fsp3) is 0.542. The van der Waals surface area contributed by atoms with E-state index in [1.807, 2.05) is 31.2 Å². The van der Waals surface area contributed by atoms with Gasteiger partial charge in [-0.3, -0.25) is 9.48 Å². The van der Waals surface area contributed by atoms with E-state index in [1.165, 1.54) is 11.3 Å². The van der Waals surface area contributed by atoms with Crippen LogP contribution in [0.15, 0.2) is 24.3 Å². The quantitative estimate of drug-likeness (QED) is 0.529. The van der Waals surface area contributed by atoms with Crippen molar-refractivity contribution in [1.29, 1.82) is 0 Å². The number of carbonyl (C=O) groups excluding carboxylic acids is 1. The number of aromatic nitrogens is 4. The molecular weight excluding hydrogens is 374 g/mol. The van der Waals surface area contributed by atoms with Crippen molar-refractivity contribution >= 4 is 16.9 Å². The molecule has 3 aromatic rings. The summed E-state index contributed by atoms with van der Waals surface area (Å²) in [5.74, 6) is 1.87. The molecule has 0 spiro atoms. The number of rotatable bonds is 9. The number of imidazole rings is 1. The molecule has 2 heterocycles. The van der Waals surface area contributed by atoms with Gasteiger partial charge in [0.1, 0.15) is 5.82 Å². The molecule has 1 aromatic carbocycles. The van der Waals surface area contributed by atoms with E-state index in [2.05, 4.69) is 54.7 Å². The molecule has 1 unspecified atom stereocenters. The number of nitrogens with zero attached hydrogens (tertiary/aromatic N) is 3. The average Bonchev–Trinajstić information content (AvgIpc) is 3.20. The van der Waals surface area contributed by atoms with Crippen molar-refractivity contribution < 1.29 is 4.79 Å². The summed E-state index contributed by atoms with van der Waals surface area (Å²) in [7, 11) is 0. The minimum absolute atomic E-state index is 0.0523. The number of aryl methyl sites for hydroxylation is 1. The minimum atomic E-state index is -0.115. The number of aromatic amines is 1. The summed E-state index contributed by atoms with van der Waals surface area (Å²) in [4.78, 5) is 20.9. The molecule has 0 aliphatic heterocycles. The van der Waals surface area contributed by atoms with Crippen molar-refractivity contribution in [2.45, 2.75) is 73.4 Å². The zero-order valence-corrected chi connectivity index (χ0v) is 19.1. The summed E-state index contributed by atoms with van der Waals surface area (Å²) in [5, 5.41) is 7.88. The molecule has 162 valence electrons. The number of para-hydroxylation sites is 2. The first kappa shape index (κ1) is 22.1. The van der Waals surface area contributed by atoms with E-state index in [0.717, 1.165) is 35.5 Å². The second-order valence-corrected chi connectivity index (χ2v) is 9.11. The molecule has 3 rings (SSSR count). The first-order valence-electron chi connectivity index (χ1n) is 11.0. The average molecular weight is 410 g/mol. The van der Waals surface area contributed by atoms with E-state index < -0.39 is 0 Å². The third kappa shape index (κ3) is 5.29. The Morgan fingerprint density at radius 3 is 2.53 bits per heavy atom. The number of carbonyl (C=O) groups is 1. The van der Waals surface area contributed by atoms with Crippen LogP contribution in [0.4, 0.5) is 0 Å². The Balaban J connectivity index is 1.69. The minimum Gasteiger partial charge on any atom is -0.346 e. The van der Waals surface area contributed by atoms with E-state index in [-0.39, 0.29) is 11.9 Å². The number of benzene rings is 1. The summed E-state index contributed by atoms with van der Waals surface area (Å²) >= 11 is 0. The summed E-state index contributed by atoms with van der Waals surface area (Å²) in [5.41, 5.74) is 5.32.